The number of amides is 1. The molecule has 1 heterocycles. The van der Waals surface area contributed by atoms with Crippen LogP contribution in [0.1, 0.15) is 37.8 Å². The van der Waals surface area contributed by atoms with Crippen LogP contribution in [0.2, 0.25) is 0 Å². The number of carbonyl (C=O) groups excluding carboxylic acids is 1. The molecule has 0 aromatic heterocycles. The van der Waals surface area contributed by atoms with Crippen LogP contribution < -0.4 is 10.6 Å². The summed E-state index contributed by atoms with van der Waals surface area (Å²) in [6.07, 6.45) is 1.45. The fourth-order valence-electron chi connectivity index (χ4n) is 2.92. The van der Waals surface area contributed by atoms with Crippen molar-refractivity contribution < 1.29 is 9.53 Å². The number of piperidine rings is 1. The molecule has 1 amide bonds. The molecule has 0 radical (unpaired) electrons. The SMILES string of the molecule is COC1(C(=O)NCC(C)(C)c2ccc(C)cc2)CCNCC1.Cl. The molecule has 130 valence electrons. The maximum Gasteiger partial charge on any atom is 0.252 e. The monoisotopic (exact) mass is 340 g/mol. The summed E-state index contributed by atoms with van der Waals surface area (Å²) < 4.78 is 5.58. The van der Waals surface area contributed by atoms with Crippen LogP contribution in [0.15, 0.2) is 24.3 Å². The number of methoxy groups -OCH3 is 1. The third kappa shape index (κ3) is 4.69. The summed E-state index contributed by atoms with van der Waals surface area (Å²) in [5.41, 5.74) is 1.70. The highest BCUT2D eigenvalue weighted by molar-refractivity contribution is 5.85. The van der Waals surface area contributed by atoms with E-state index in [0.29, 0.717) is 6.54 Å². The molecule has 0 bridgehead atoms. The number of carbonyl (C=O) groups is 1. The number of benzene rings is 1. The first-order valence-electron chi connectivity index (χ1n) is 8.01. The lowest BCUT2D eigenvalue weighted by atomic mass is 9.83. The molecule has 1 aliphatic rings. The molecule has 1 fully saturated rings. The third-order valence-electron chi connectivity index (χ3n) is 4.74. The minimum Gasteiger partial charge on any atom is -0.368 e. The van der Waals surface area contributed by atoms with Crippen LogP contribution in [0, 0.1) is 6.92 Å². The Balaban J connectivity index is 0.00000264. The Labute approximate surface area is 145 Å². The van der Waals surface area contributed by atoms with Crippen molar-refractivity contribution in [3.63, 3.8) is 0 Å². The molecular formula is C18H29ClN2O2. The Morgan fingerprint density at radius 1 is 1.26 bits per heavy atom. The molecule has 2 N–H and O–H groups in total. The molecule has 5 heteroatoms. The van der Waals surface area contributed by atoms with E-state index in [9.17, 15) is 4.79 Å². The van der Waals surface area contributed by atoms with Crippen molar-refractivity contribution in [2.24, 2.45) is 0 Å². The number of nitrogens with one attached hydrogen (secondary N) is 2. The average Bonchev–Trinajstić information content (AvgIpc) is 2.53. The molecule has 1 saturated heterocycles. The maximum absolute atomic E-state index is 12.6. The van der Waals surface area contributed by atoms with Gasteiger partial charge in [-0.25, -0.2) is 0 Å². The van der Waals surface area contributed by atoms with Gasteiger partial charge in [0.25, 0.3) is 5.91 Å². The number of hydrogen-bond donors (Lipinski definition) is 2. The molecule has 0 atom stereocenters. The smallest absolute Gasteiger partial charge is 0.252 e. The van der Waals surface area contributed by atoms with Gasteiger partial charge in [0.15, 0.2) is 0 Å². The van der Waals surface area contributed by atoms with E-state index in [-0.39, 0.29) is 23.7 Å². The first-order valence-corrected chi connectivity index (χ1v) is 8.01. The predicted octanol–water partition coefficient (Wildman–Crippen LogP) is 2.58. The molecule has 0 saturated carbocycles. The molecule has 23 heavy (non-hydrogen) atoms. The fourth-order valence-corrected chi connectivity index (χ4v) is 2.92. The summed E-state index contributed by atoms with van der Waals surface area (Å²) >= 11 is 0. The minimum absolute atomic E-state index is 0. The van der Waals surface area contributed by atoms with Gasteiger partial charge in [0, 0.05) is 19.1 Å². The zero-order valence-corrected chi connectivity index (χ0v) is 15.4. The Kier molecular flexibility index (Phi) is 7.05. The Morgan fingerprint density at radius 3 is 2.35 bits per heavy atom. The van der Waals surface area contributed by atoms with Crippen LogP contribution in [0.3, 0.4) is 0 Å². The van der Waals surface area contributed by atoms with Crippen LogP contribution in [-0.2, 0) is 14.9 Å². The predicted molar refractivity (Wildman–Crippen MR) is 96.3 cm³/mol. The van der Waals surface area contributed by atoms with Gasteiger partial charge in [-0.3, -0.25) is 4.79 Å². The zero-order chi connectivity index (χ0) is 16.2. The molecule has 1 aromatic carbocycles. The first kappa shape index (κ1) is 19.9. The van der Waals surface area contributed by atoms with Gasteiger partial charge in [0.2, 0.25) is 0 Å². The summed E-state index contributed by atoms with van der Waals surface area (Å²) in [6.45, 7) is 8.64. The van der Waals surface area contributed by atoms with Gasteiger partial charge in [-0.2, -0.15) is 0 Å². The van der Waals surface area contributed by atoms with Crippen molar-refractivity contribution in [3.8, 4) is 0 Å². The molecule has 4 nitrogen and oxygen atoms in total. The van der Waals surface area contributed by atoms with Crippen LogP contribution >= 0.6 is 12.4 Å². The van der Waals surface area contributed by atoms with E-state index in [4.69, 9.17) is 4.74 Å². The summed E-state index contributed by atoms with van der Waals surface area (Å²) in [5, 5.41) is 6.38. The fraction of sp³-hybridized carbons (Fsp3) is 0.611. The lowest BCUT2D eigenvalue weighted by molar-refractivity contribution is -0.146. The molecule has 2 rings (SSSR count). The van der Waals surface area contributed by atoms with E-state index in [1.807, 2.05) is 0 Å². The number of halogens is 1. The van der Waals surface area contributed by atoms with E-state index in [0.717, 1.165) is 25.9 Å². The van der Waals surface area contributed by atoms with Crippen molar-refractivity contribution >= 4 is 18.3 Å². The lowest BCUT2D eigenvalue weighted by Gasteiger charge is -2.36. The third-order valence-corrected chi connectivity index (χ3v) is 4.74. The second kappa shape index (κ2) is 8.13. The second-order valence-electron chi connectivity index (χ2n) is 6.88. The number of aryl methyl sites for hydroxylation is 1. The standard InChI is InChI=1S/C18H28N2O2.ClH/c1-14-5-7-15(8-6-14)17(2,3)13-20-16(21)18(22-4)9-11-19-12-10-18;/h5-8,19H,9-13H2,1-4H3,(H,20,21);1H. The Morgan fingerprint density at radius 2 is 1.83 bits per heavy atom. The summed E-state index contributed by atoms with van der Waals surface area (Å²) in [5.74, 6) is 0.0108. The number of ether oxygens (including phenoxy) is 1. The second-order valence-corrected chi connectivity index (χ2v) is 6.88. The topological polar surface area (TPSA) is 50.4 Å². The van der Waals surface area contributed by atoms with E-state index in [1.54, 1.807) is 7.11 Å². The van der Waals surface area contributed by atoms with E-state index in [1.165, 1.54) is 11.1 Å². The molecular weight excluding hydrogens is 312 g/mol. The van der Waals surface area contributed by atoms with Crippen molar-refractivity contribution in [2.45, 2.75) is 44.6 Å². The summed E-state index contributed by atoms with van der Waals surface area (Å²) in [4.78, 5) is 12.6. The number of rotatable bonds is 5. The highest BCUT2D eigenvalue weighted by Gasteiger charge is 2.40. The average molecular weight is 341 g/mol. The van der Waals surface area contributed by atoms with Gasteiger partial charge in [-0.05, 0) is 38.4 Å². The Hall–Kier alpha value is -1.10. The highest BCUT2D eigenvalue weighted by atomic mass is 35.5. The van der Waals surface area contributed by atoms with Crippen LogP contribution in [0.4, 0.5) is 0 Å². The molecule has 0 spiro atoms. The van der Waals surface area contributed by atoms with Crippen molar-refractivity contribution in [3.05, 3.63) is 35.4 Å². The van der Waals surface area contributed by atoms with E-state index in [2.05, 4.69) is 55.7 Å². The van der Waals surface area contributed by atoms with Crippen molar-refractivity contribution in [2.75, 3.05) is 26.7 Å². The van der Waals surface area contributed by atoms with E-state index >= 15 is 0 Å². The van der Waals surface area contributed by atoms with Gasteiger partial charge in [0.1, 0.15) is 5.60 Å². The maximum atomic E-state index is 12.6. The first-order chi connectivity index (χ1) is 10.4. The normalized spacial score (nSPS) is 17.2. The molecule has 1 aliphatic heterocycles. The van der Waals surface area contributed by atoms with Crippen LogP contribution in [-0.4, -0.2) is 38.3 Å². The van der Waals surface area contributed by atoms with Gasteiger partial charge in [0.05, 0.1) is 0 Å². The quantitative estimate of drug-likeness (QED) is 0.866. The van der Waals surface area contributed by atoms with Gasteiger partial charge in [-0.1, -0.05) is 43.7 Å². The lowest BCUT2D eigenvalue weighted by Crippen LogP contribution is -2.55. The highest BCUT2D eigenvalue weighted by Crippen LogP contribution is 2.25. The number of hydrogen-bond acceptors (Lipinski definition) is 3. The van der Waals surface area contributed by atoms with E-state index < -0.39 is 5.60 Å². The molecule has 1 aromatic rings. The Bertz CT molecular complexity index is 508. The molecule has 0 unspecified atom stereocenters. The van der Waals surface area contributed by atoms with Gasteiger partial charge < -0.3 is 15.4 Å². The van der Waals surface area contributed by atoms with Gasteiger partial charge in [-0.15, -0.1) is 12.4 Å². The zero-order valence-electron chi connectivity index (χ0n) is 14.6. The van der Waals surface area contributed by atoms with Crippen molar-refractivity contribution in [1.82, 2.24) is 10.6 Å². The van der Waals surface area contributed by atoms with Crippen LogP contribution in [0.25, 0.3) is 0 Å². The minimum atomic E-state index is -0.672. The van der Waals surface area contributed by atoms with Crippen molar-refractivity contribution in [1.29, 1.82) is 0 Å². The summed E-state index contributed by atoms with van der Waals surface area (Å²) in [7, 11) is 1.63. The largest absolute Gasteiger partial charge is 0.368 e. The summed E-state index contributed by atoms with van der Waals surface area (Å²) in [6, 6.07) is 8.50. The molecule has 0 aliphatic carbocycles. The van der Waals surface area contributed by atoms with Crippen LogP contribution in [0.5, 0.6) is 0 Å². The van der Waals surface area contributed by atoms with Gasteiger partial charge >= 0.3 is 0 Å².